The molecule has 1 amide bonds. The molecule has 23 heavy (non-hydrogen) atoms. The molecule has 0 atom stereocenters. The number of amides is 1. The van der Waals surface area contributed by atoms with Crippen LogP contribution >= 0.6 is 11.3 Å². The van der Waals surface area contributed by atoms with Crippen molar-refractivity contribution in [2.24, 2.45) is 0 Å². The molecule has 4 nitrogen and oxygen atoms in total. The van der Waals surface area contributed by atoms with E-state index in [2.05, 4.69) is 35.3 Å². The van der Waals surface area contributed by atoms with Gasteiger partial charge in [-0.3, -0.25) is 9.69 Å². The highest BCUT2D eigenvalue weighted by atomic mass is 32.1. The van der Waals surface area contributed by atoms with E-state index in [1.54, 1.807) is 11.3 Å². The van der Waals surface area contributed by atoms with Gasteiger partial charge in [0.05, 0.1) is 6.54 Å². The second-order valence-electron chi connectivity index (χ2n) is 6.25. The number of hydrogen-bond acceptors (Lipinski definition) is 4. The molecule has 1 fully saturated rings. The molecule has 1 aromatic carbocycles. The predicted molar refractivity (Wildman–Crippen MR) is 95.8 cm³/mol. The fourth-order valence-corrected chi connectivity index (χ4v) is 3.84. The monoisotopic (exact) mass is 329 g/mol. The van der Waals surface area contributed by atoms with E-state index in [0.29, 0.717) is 6.54 Å². The van der Waals surface area contributed by atoms with E-state index in [1.807, 2.05) is 35.2 Å². The molecule has 0 bridgehead atoms. The number of nitrogens with zero attached hydrogens (tertiary/aromatic N) is 3. The van der Waals surface area contributed by atoms with Gasteiger partial charge in [-0.25, -0.2) is 0 Å². The molecule has 0 radical (unpaired) electrons. The fourth-order valence-electron chi connectivity index (χ4n) is 2.92. The Morgan fingerprint density at radius 3 is 2.65 bits per heavy atom. The lowest BCUT2D eigenvalue weighted by atomic mass is 10.2. The molecule has 0 saturated carbocycles. The number of carbonyl (C=O) groups is 1. The predicted octanol–water partition coefficient (Wildman–Crippen LogP) is 2.66. The highest BCUT2D eigenvalue weighted by molar-refractivity contribution is 7.10. The zero-order valence-electron chi connectivity index (χ0n) is 13.7. The standard InChI is InChI=1S/C18H23N3OS/c1-19(2)11-15-10-17(23-14-15)12-20-8-9-21(18(22)13-20)16-6-4-3-5-7-16/h3-7,10,14H,8-9,11-13H2,1-2H3. The molecule has 122 valence electrons. The number of anilines is 1. The SMILES string of the molecule is CN(C)Cc1csc(CN2CCN(c3ccccc3)C(=O)C2)c1. The van der Waals surface area contributed by atoms with Crippen LogP contribution in [-0.2, 0) is 17.9 Å². The Labute approximate surface area is 141 Å². The van der Waals surface area contributed by atoms with Crippen molar-refractivity contribution in [2.75, 3.05) is 38.6 Å². The van der Waals surface area contributed by atoms with Gasteiger partial charge in [-0.15, -0.1) is 11.3 Å². The molecular weight excluding hydrogens is 306 g/mol. The van der Waals surface area contributed by atoms with Crippen LogP contribution in [0, 0.1) is 0 Å². The van der Waals surface area contributed by atoms with Crippen molar-refractivity contribution in [1.82, 2.24) is 9.80 Å². The Morgan fingerprint density at radius 1 is 1.17 bits per heavy atom. The third-order valence-electron chi connectivity index (χ3n) is 3.95. The summed E-state index contributed by atoms with van der Waals surface area (Å²) in [6.45, 7) is 4.01. The van der Waals surface area contributed by atoms with Gasteiger partial charge in [-0.1, -0.05) is 18.2 Å². The van der Waals surface area contributed by atoms with Crippen molar-refractivity contribution in [3.05, 3.63) is 52.2 Å². The number of rotatable bonds is 5. The summed E-state index contributed by atoms with van der Waals surface area (Å²) in [6, 6.07) is 12.2. The first-order valence-electron chi connectivity index (χ1n) is 7.90. The summed E-state index contributed by atoms with van der Waals surface area (Å²) in [5, 5.41) is 2.22. The van der Waals surface area contributed by atoms with Gasteiger partial charge in [-0.2, -0.15) is 0 Å². The Morgan fingerprint density at radius 2 is 1.96 bits per heavy atom. The van der Waals surface area contributed by atoms with Crippen molar-refractivity contribution < 1.29 is 4.79 Å². The van der Waals surface area contributed by atoms with E-state index in [-0.39, 0.29) is 5.91 Å². The van der Waals surface area contributed by atoms with Gasteiger partial charge in [0.25, 0.3) is 0 Å². The van der Waals surface area contributed by atoms with Crippen molar-refractivity contribution in [1.29, 1.82) is 0 Å². The highest BCUT2D eigenvalue weighted by Gasteiger charge is 2.25. The molecule has 0 unspecified atom stereocenters. The van der Waals surface area contributed by atoms with Crippen LogP contribution in [-0.4, -0.2) is 49.4 Å². The first-order chi connectivity index (χ1) is 11.1. The van der Waals surface area contributed by atoms with Gasteiger partial charge in [0.2, 0.25) is 5.91 Å². The minimum absolute atomic E-state index is 0.188. The van der Waals surface area contributed by atoms with Crippen molar-refractivity contribution in [3.8, 4) is 0 Å². The number of thiophene rings is 1. The van der Waals surface area contributed by atoms with Crippen LogP contribution < -0.4 is 4.90 Å². The van der Waals surface area contributed by atoms with Crippen LogP contribution in [0.3, 0.4) is 0 Å². The molecule has 1 aromatic heterocycles. The summed E-state index contributed by atoms with van der Waals surface area (Å²) in [6.07, 6.45) is 0. The van der Waals surface area contributed by atoms with Crippen LogP contribution in [0.5, 0.6) is 0 Å². The first kappa shape index (κ1) is 16.2. The largest absolute Gasteiger partial charge is 0.310 e. The molecule has 1 aliphatic heterocycles. The Hall–Kier alpha value is -1.69. The summed E-state index contributed by atoms with van der Waals surface area (Å²) in [5.74, 6) is 0.188. The van der Waals surface area contributed by atoms with Crippen LogP contribution in [0.2, 0.25) is 0 Å². The third-order valence-corrected chi connectivity index (χ3v) is 4.92. The van der Waals surface area contributed by atoms with Crippen molar-refractivity contribution >= 4 is 22.9 Å². The average Bonchev–Trinajstić information content (AvgIpc) is 2.94. The second kappa shape index (κ2) is 7.25. The smallest absolute Gasteiger partial charge is 0.241 e. The normalized spacial score (nSPS) is 16.3. The van der Waals surface area contributed by atoms with Crippen molar-refractivity contribution in [3.63, 3.8) is 0 Å². The van der Waals surface area contributed by atoms with E-state index in [9.17, 15) is 4.79 Å². The Bertz CT molecular complexity index is 653. The molecule has 2 aromatic rings. The van der Waals surface area contributed by atoms with Gasteiger partial charge in [0, 0.05) is 36.7 Å². The highest BCUT2D eigenvalue weighted by Crippen LogP contribution is 2.21. The minimum Gasteiger partial charge on any atom is -0.310 e. The maximum atomic E-state index is 12.4. The maximum Gasteiger partial charge on any atom is 0.241 e. The molecule has 2 heterocycles. The number of carbonyl (C=O) groups excluding carboxylic acids is 1. The van der Waals surface area contributed by atoms with E-state index in [0.717, 1.165) is 31.9 Å². The van der Waals surface area contributed by atoms with Crippen LogP contribution in [0.25, 0.3) is 0 Å². The van der Waals surface area contributed by atoms with Gasteiger partial charge >= 0.3 is 0 Å². The lowest BCUT2D eigenvalue weighted by Crippen LogP contribution is -2.50. The van der Waals surface area contributed by atoms with E-state index in [4.69, 9.17) is 0 Å². The topological polar surface area (TPSA) is 26.8 Å². The minimum atomic E-state index is 0.188. The summed E-state index contributed by atoms with van der Waals surface area (Å²) in [7, 11) is 4.16. The lowest BCUT2D eigenvalue weighted by molar-refractivity contribution is -0.121. The summed E-state index contributed by atoms with van der Waals surface area (Å²) < 4.78 is 0. The molecule has 0 spiro atoms. The van der Waals surface area contributed by atoms with Crippen LogP contribution in [0.1, 0.15) is 10.4 Å². The number of piperazine rings is 1. The molecule has 5 heteroatoms. The lowest BCUT2D eigenvalue weighted by Gasteiger charge is -2.34. The van der Waals surface area contributed by atoms with E-state index >= 15 is 0 Å². The first-order valence-corrected chi connectivity index (χ1v) is 8.78. The molecule has 0 aliphatic carbocycles. The molecule has 1 aliphatic rings. The molecule has 1 saturated heterocycles. The van der Waals surface area contributed by atoms with Gasteiger partial charge in [0.15, 0.2) is 0 Å². The third kappa shape index (κ3) is 4.19. The zero-order valence-corrected chi connectivity index (χ0v) is 14.6. The van der Waals surface area contributed by atoms with Gasteiger partial charge in [-0.05, 0) is 43.2 Å². The zero-order chi connectivity index (χ0) is 16.2. The Balaban J connectivity index is 1.58. The maximum absolute atomic E-state index is 12.4. The number of benzene rings is 1. The van der Waals surface area contributed by atoms with E-state index in [1.165, 1.54) is 10.4 Å². The summed E-state index contributed by atoms with van der Waals surface area (Å²) >= 11 is 1.79. The van der Waals surface area contributed by atoms with Crippen LogP contribution in [0.15, 0.2) is 41.8 Å². The van der Waals surface area contributed by atoms with Crippen molar-refractivity contribution in [2.45, 2.75) is 13.1 Å². The van der Waals surface area contributed by atoms with Crippen LogP contribution in [0.4, 0.5) is 5.69 Å². The summed E-state index contributed by atoms with van der Waals surface area (Å²) in [4.78, 5) is 20.1. The number of para-hydroxylation sites is 1. The quantitative estimate of drug-likeness (QED) is 0.844. The van der Waals surface area contributed by atoms with Gasteiger partial charge in [0.1, 0.15) is 0 Å². The Kier molecular flexibility index (Phi) is 5.10. The average molecular weight is 329 g/mol. The molecule has 0 N–H and O–H groups in total. The second-order valence-corrected chi connectivity index (χ2v) is 7.25. The number of hydrogen-bond donors (Lipinski definition) is 0. The summed E-state index contributed by atoms with van der Waals surface area (Å²) in [5.41, 5.74) is 2.35. The van der Waals surface area contributed by atoms with Gasteiger partial charge < -0.3 is 9.80 Å². The molecular formula is C18H23N3OS. The van der Waals surface area contributed by atoms with E-state index < -0.39 is 0 Å². The molecule has 3 rings (SSSR count). The fraction of sp³-hybridized carbons (Fsp3) is 0.389.